The van der Waals surface area contributed by atoms with Gasteiger partial charge in [-0.15, -0.1) is 11.3 Å². The van der Waals surface area contributed by atoms with Gasteiger partial charge in [-0.2, -0.15) is 0 Å². The van der Waals surface area contributed by atoms with Crippen LogP contribution in [0.5, 0.6) is 0 Å². The molecule has 0 atom stereocenters. The smallest absolute Gasteiger partial charge is 0.0593 e. The fourth-order valence-corrected chi connectivity index (χ4v) is 2.34. The molecule has 3 nitrogen and oxygen atoms in total. The molecule has 0 amide bonds. The third-order valence-corrected chi connectivity index (χ3v) is 3.70. The van der Waals surface area contributed by atoms with Crippen LogP contribution in [0.15, 0.2) is 12.1 Å². The summed E-state index contributed by atoms with van der Waals surface area (Å²) in [6.07, 6.45) is 1.14. The van der Waals surface area contributed by atoms with Crippen LogP contribution in [-0.2, 0) is 17.7 Å². The summed E-state index contributed by atoms with van der Waals surface area (Å²) < 4.78 is 5.51. The average molecular weight is 256 g/mol. The van der Waals surface area contributed by atoms with Crippen LogP contribution in [0.3, 0.4) is 0 Å². The van der Waals surface area contributed by atoms with Gasteiger partial charge in [-0.25, -0.2) is 0 Å². The van der Waals surface area contributed by atoms with Gasteiger partial charge in [0.1, 0.15) is 0 Å². The molecule has 1 aromatic heterocycles. The van der Waals surface area contributed by atoms with Gasteiger partial charge in [0.25, 0.3) is 0 Å². The van der Waals surface area contributed by atoms with Crippen molar-refractivity contribution in [2.45, 2.75) is 19.9 Å². The molecule has 0 saturated carbocycles. The Kier molecular flexibility index (Phi) is 7.44. The third kappa shape index (κ3) is 6.78. The first kappa shape index (κ1) is 14.6. The maximum atomic E-state index is 5.51. The molecular formula is C13H24N2OS. The number of aryl methyl sites for hydroxylation is 1. The Labute approximate surface area is 109 Å². The van der Waals surface area contributed by atoms with Crippen molar-refractivity contribution in [2.75, 3.05) is 40.4 Å². The van der Waals surface area contributed by atoms with Crippen molar-refractivity contribution in [1.82, 2.24) is 10.2 Å². The van der Waals surface area contributed by atoms with Crippen molar-refractivity contribution in [3.8, 4) is 0 Å². The molecule has 1 N–H and O–H groups in total. The highest BCUT2D eigenvalue weighted by Crippen LogP contribution is 2.16. The summed E-state index contributed by atoms with van der Waals surface area (Å²) in [5.74, 6) is 0. The van der Waals surface area contributed by atoms with Gasteiger partial charge >= 0.3 is 0 Å². The molecule has 0 fully saturated rings. The van der Waals surface area contributed by atoms with Gasteiger partial charge in [0.15, 0.2) is 0 Å². The highest BCUT2D eigenvalue weighted by atomic mass is 32.1. The molecule has 98 valence electrons. The van der Waals surface area contributed by atoms with Crippen LogP contribution in [0.2, 0.25) is 0 Å². The monoisotopic (exact) mass is 256 g/mol. The highest BCUT2D eigenvalue weighted by Gasteiger charge is 1.97. The lowest BCUT2D eigenvalue weighted by Crippen LogP contribution is -2.22. The molecule has 0 radical (unpaired) electrons. The lowest BCUT2D eigenvalue weighted by molar-refractivity contribution is 0.119. The fourth-order valence-electron chi connectivity index (χ4n) is 1.41. The summed E-state index contributed by atoms with van der Waals surface area (Å²) in [7, 11) is 4.12. The van der Waals surface area contributed by atoms with Crippen LogP contribution in [0.4, 0.5) is 0 Å². The van der Waals surface area contributed by atoms with Crippen molar-refractivity contribution in [3.05, 3.63) is 21.9 Å². The van der Waals surface area contributed by atoms with E-state index >= 15 is 0 Å². The van der Waals surface area contributed by atoms with E-state index in [-0.39, 0.29) is 0 Å². The van der Waals surface area contributed by atoms with Crippen LogP contribution in [-0.4, -0.2) is 45.3 Å². The summed E-state index contributed by atoms with van der Waals surface area (Å²) in [6.45, 7) is 6.68. The van der Waals surface area contributed by atoms with Gasteiger partial charge in [0.2, 0.25) is 0 Å². The molecule has 4 heteroatoms. The Bertz CT molecular complexity index is 299. The van der Waals surface area contributed by atoms with Gasteiger partial charge < -0.3 is 15.0 Å². The number of likely N-dealkylation sites (N-methyl/N-ethyl adjacent to an activating group) is 1. The van der Waals surface area contributed by atoms with Gasteiger partial charge in [-0.1, -0.05) is 6.92 Å². The first-order valence-corrected chi connectivity index (χ1v) is 7.04. The second-order valence-electron chi connectivity index (χ2n) is 4.31. The summed E-state index contributed by atoms with van der Waals surface area (Å²) in [5.41, 5.74) is 0. The van der Waals surface area contributed by atoms with E-state index in [9.17, 15) is 0 Å². The number of nitrogens with zero attached hydrogens (tertiary/aromatic N) is 1. The number of hydrogen-bond donors (Lipinski definition) is 1. The summed E-state index contributed by atoms with van der Waals surface area (Å²) in [4.78, 5) is 5.00. The molecule has 17 heavy (non-hydrogen) atoms. The molecule has 0 bridgehead atoms. The zero-order valence-corrected chi connectivity index (χ0v) is 12.0. The summed E-state index contributed by atoms with van der Waals surface area (Å²) in [5, 5.41) is 3.40. The van der Waals surface area contributed by atoms with Crippen LogP contribution in [0, 0.1) is 0 Å². The van der Waals surface area contributed by atoms with Crippen molar-refractivity contribution in [2.24, 2.45) is 0 Å². The Hall–Kier alpha value is -0.420. The quantitative estimate of drug-likeness (QED) is 0.684. The lowest BCUT2D eigenvalue weighted by Gasteiger charge is -2.09. The molecule has 1 heterocycles. The minimum atomic E-state index is 0.792. The van der Waals surface area contributed by atoms with E-state index < -0.39 is 0 Å². The minimum Gasteiger partial charge on any atom is -0.379 e. The number of thiophene rings is 1. The Balaban J connectivity index is 1.97. The molecule has 0 aliphatic heterocycles. The van der Waals surface area contributed by atoms with E-state index in [1.807, 2.05) is 11.3 Å². The van der Waals surface area contributed by atoms with Crippen LogP contribution in [0.25, 0.3) is 0 Å². The van der Waals surface area contributed by atoms with Crippen molar-refractivity contribution >= 4 is 11.3 Å². The van der Waals surface area contributed by atoms with E-state index in [0.29, 0.717) is 0 Å². The van der Waals surface area contributed by atoms with Crippen molar-refractivity contribution in [3.63, 3.8) is 0 Å². The molecule has 0 aliphatic carbocycles. The first-order chi connectivity index (χ1) is 8.22. The third-order valence-electron chi connectivity index (χ3n) is 2.47. The minimum absolute atomic E-state index is 0.792. The normalized spacial score (nSPS) is 11.3. The standard InChI is InChI=1S/C13H24N2OS/c1-4-12-5-6-13(17-12)11-14-7-9-16-10-8-15(2)3/h5-6,14H,4,7-11H2,1-3H3. The predicted molar refractivity (Wildman–Crippen MR) is 74.8 cm³/mol. The van der Waals surface area contributed by atoms with Crippen LogP contribution < -0.4 is 5.32 Å². The van der Waals surface area contributed by atoms with Gasteiger partial charge in [0.05, 0.1) is 13.2 Å². The maximum absolute atomic E-state index is 5.51. The zero-order chi connectivity index (χ0) is 12.5. The van der Waals surface area contributed by atoms with E-state index in [1.54, 1.807) is 0 Å². The molecule has 0 spiro atoms. The maximum Gasteiger partial charge on any atom is 0.0593 e. The Morgan fingerprint density at radius 3 is 2.65 bits per heavy atom. The number of hydrogen-bond acceptors (Lipinski definition) is 4. The number of rotatable bonds is 9. The molecular weight excluding hydrogens is 232 g/mol. The number of nitrogens with one attached hydrogen (secondary N) is 1. The van der Waals surface area contributed by atoms with E-state index in [2.05, 4.69) is 43.4 Å². The summed E-state index contributed by atoms with van der Waals surface area (Å²) >= 11 is 1.90. The average Bonchev–Trinajstić information content (AvgIpc) is 2.75. The molecule has 0 aromatic carbocycles. The molecule has 0 unspecified atom stereocenters. The van der Waals surface area contributed by atoms with Crippen LogP contribution in [0.1, 0.15) is 16.7 Å². The lowest BCUT2D eigenvalue weighted by atomic mass is 10.3. The van der Waals surface area contributed by atoms with Gasteiger partial charge in [-0.3, -0.25) is 0 Å². The van der Waals surface area contributed by atoms with E-state index in [4.69, 9.17) is 4.74 Å². The molecule has 1 aromatic rings. The second-order valence-corrected chi connectivity index (χ2v) is 5.57. The Morgan fingerprint density at radius 2 is 2.00 bits per heavy atom. The zero-order valence-electron chi connectivity index (χ0n) is 11.2. The van der Waals surface area contributed by atoms with Crippen molar-refractivity contribution < 1.29 is 4.74 Å². The summed E-state index contributed by atoms with van der Waals surface area (Å²) in [6, 6.07) is 4.43. The number of ether oxygens (including phenoxy) is 1. The predicted octanol–water partition coefficient (Wildman–Crippen LogP) is 1.98. The molecule has 1 rings (SSSR count). The molecule has 0 aliphatic rings. The highest BCUT2D eigenvalue weighted by molar-refractivity contribution is 7.11. The van der Waals surface area contributed by atoms with E-state index in [1.165, 1.54) is 9.75 Å². The van der Waals surface area contributed by atoms with Crippen molar-refractivity contribution in [1.29, 1.82) is 0 Å². The molecule has 0 saturated heterocycles. The van der Waals surface area contributed by atoms with Crippen LogP contribution >= 0.6 is 11.3 Å². The van der Waals surface area contributed by atoms with Gasteiger partial charge in [0, 0.05) is 29.4 Å². The SMILES string of the molecule is CCc1ccc(CNCCOCCN(C)C)s1. The topological polar surface area (TPSA) is 24.5 Å². The largest absolute Gasteiger partial charge is 0.379 e. The van der Waals surface area contributed by atoms with E-state index in [0.717, 1.165) is 39.3 Å². The fraction of sp³-hybridized carbons (Fsp3) is 0.692. The second kappa shape index (κ2) is 8.64. The Morgan fingerprint density at radius 1 is 1.24 bits per heavy atom. The van der Waals surface area contributed by atoms with Gasteiger partial charge in [-0.05, 0) is 32.6 Å². The first-order valence-electron chi connectivity index (χ1n) is 6.23.